The van der Waals surface area contributed by atoms with Crippen molar-refractivity contribution in [2.75, 3.05) is 6.16 Å². The van der Waals surface area contributed by atoms with E-state index >= 15 is 0 Å². The van der Waals surface area contributed by atoms with Gasteiger partial charge in [-0.05, 0) is 36.5 Å². The molecule has 28 heavy (non-hydrogen) atoms. The Balaban J connectivity index is 2.50. The maximum atomic E-state index is 13.8. The highest BCUT2D eigenvalue weighted by Crippen LogP contribution is 2.64. The van der Waals surface area contributed by atoms with Crippen molar-refractivity contribution < 1.29 is 19.4 Å². The predicted molar refractivity (Wildman–Crippen MR) is 112 cm³/mol. The SMILES string of the molecule is CCCC(CCC)(C(C(=O)O)c1ccccc1)P(=O)(O)CCc1cccnc1. The lowest BCUT2D eigenvalue weighted by Crippen LogP contribution is -2.41. The monoisotopic (exact) mass is 403 g/mol. The zero-order chi connectivity index (χ0) is 20.6. The predicted octanol–water partition coefficient (Wildman–Crippen LogP) is 5.10. The van der Waals surface area contributed by atoms with Gasteiger partial charge in [-0.25, -0.2) is 0 Å². The van der Waals surface area contributed by atoms with Gasteiger partial charge in [0, 0.05) is 18.6 Å². The maximum Gasteiger partial charge on any atom is 0.312 e. The average molecular weight is 403 g/mol. The van der Waals surface area contributed by atoms with Gasteiger partial charge in [-0.1, -0.05) is 63.1 Å². The smallest absolute Gasteiger partial charge is 0.312 e. The van der Waals surface area contributed by atoms with Crippen LogP contribution in [0, 0.1) is 0 Å². The Morgan fingerprint density at radius 3 is 2.25 bits per heavy atom. The molecule has 1 aromatic heterocycles. The van der Waals surface area contributed by atoms with Crippen LogP contribution in [0.4, 0.5) is 0 Å². The maximum absolute atomic E-state index is 13.8. The fourth-order valence-electron chi connectivity index (χ4n) is 4.21. The molecule has 6 heteroatoms. The third-order valence-corrected chi connectivity index (χ3v) is 8.33. The molecule has 0 radical (unpaired) electrons. The van der Waals surface area contributed by atoms with Crippen molar-refractivity contribution in [2.24, 2.45) is 0 Å². The van der Waals surface area contributed by atoms with Crippen molar-refractivity contribution in [3.05, 3.63) is 66.0 Å². The van der Waals surface area contributed by atoms with E-state index in [0.717, 1.165) is 5.56 Å². The van der Waals surface area contributed by atoms with Crippen LogP contribution in [0.25, 0.3) is 0 Å². The average Bonchev–Trinajstić information content (AvgIpc) is 2.68. The van der Waals surface area contributed by atoms with Crippen LogP contribution in [0.1, 0.15) is 56.6 Å². The van der Waals surface area contributed by atoms with Gasteiger partial charge in [0.1, 0.15) is 0 Å². The van der Waals surface area contributed by atoms with Crippen LogP contribution in [-0.2, 0) is 15.8 Å². The van der Waals surface area contributed by atoms with Crippen molar-refractivity contribution in [1.29, 1.82) is 0 Å². The van der Waals surface area contributed by atoms with Crippen molar-refractivity contribution in [1.82, 2.24) is 4.98 Å². The van der Waals surface area contributed by atoms with Gasteiger partial charge >= 0.3 is 5.97 Å². The van der Waals surface area contributed by atoms with E-state index in [0.29, 0.717) is 37.7 Å². The summed E-state index contributed by atoms with van der Waals surface area (Å²) in [5.41, 5.74) is 1.47. The fourth-order valence-corrected chi connectivity index (χ4v) is 7.02. The Morgan fingerprint density at radius 2 is 1.75 bits per heavy atom. The fraction of sp³-hybridized carbons (Fsp3) is 0.455. The van der Waals surface area contributed by atoms with Gasteiger partial charge in [-0.2, -0.15) is 0 Å². The van der Waals surface area contributed by atoms with Crippen molar-refractivity contribution >= 4 is 13.3 Å². The van der Waals surface area contributed by atoms with Crippen molar-refractivity contribution in [3.63, 3.8) is 0 Å². The van der Waals surface area contributed by atoms with Gasteiger partial charge in [0.05, 0.1) is 11.1 Å². The van der Waals surface area contributed by atoms with Gasteiger partial charge in [-0.15, -0.1) is 0 Å². The quantitative estimate of drug-likeness (QED) is 0.510. The van der Waals surface area contributed by atoms with E-state index in [4.69, 9.17) is 0 Å². The lowest BCUT2D eigenvalue weighted by Gasteiger charge is -2.42. The number of hydrogen-bond donors (Lipinski definition) is 2. The molecular formula is C22H30NO4P. The number of rotatable bonds is 11. The van der Waals surface area contributed by atoms with Crippen LogP contribution < -0.4 is 0 Å². The molecule has 0 amide bonds. The third kappa shape index (κ3) is 4.89. The second kappa shape index (κ2) is 9.99. The molecule has 0 spiro atoms. The molecule has 0 bridgehead atoms. The summed E-state index contributed by atoms with van der Waals surface area (Å²) < 4.78 is 13.8. The van der Waals surface area contributed by atoms with Gasteiger partial charge < -0.3 is 10.00 Å². The topological polar surface area (TPSA) is 87.5 Å². The lowest BCUT2D eigenvalue weighted by atomic mass is 9.79. The summed E-state index contributed by atoms with van der Waals surface area (Å²) >= 11 is 0. The van der Waals surface area contributed by atoms with Gasteiger partial charge in [-0.3, -0.25) is 14.3 Å². The van der Waals surface area contributed by atoms with Crippen LogP contribution in [0.2, 0.25) is 0 Å². The molecule has 5 nitrogen and oxygen atoms in total. The largest absolute Gasteiger partial charge is 0.481 e. The Morgan fingerprint density at radius 1 is 1.11 bits per heavy atom. The lowest BCUT2D eigenvalue weighted by molar-refractivity contribution is -0.140. The zero-order valence-corrected chi connectivity index (χ0v) is 17.5. The second-order valence-electron chi connectivity index (χ2n) is 7.32. The van der Waals surface area contributed by atoms with Crippen LogP contribution in [0.15, 0.2) is 54.9 Å². The number of carboxylic acids is 1. The summed E-state index contributed by atoms with van der Waals surface area (Å²) in [7, 11) is -3.82. The van der Waals surface area contributed by atoms with E-state index in [1.807, 2.05) is 26.0 Å². The summed E-state index contributed by atoms with van der Waals surface area (Å²) in [5.74, 6) is -2.05. The molecular weight excluding hydrogens is 373 g/mol. The minimum absolute atomic E-state index is 0.0509. The van der Waals surface area contributed by atoms with Crippen molar-refractivity contribution in [2.45, 2.75) is 57.0 Å². The van der Waals surface area contributed by atoms with Gasteiger partial charge in [0.15, 0.2) is 0 Å². The molecule has 1 heterocycles. The molecule has 0 saturated carbocycles. The Bertz CT molecular complexity index is 789. The molecule has 0 saturated heterocycles. The number of hydrogen-bond acceptors (Lipinski definition) is 3. The van der Waals surface area contributed by atoms with Crippen molar-refractivity contribution in [3.8, 4) is 0 Å². The molecule has 2 N–H and O–H groups in total. The highest BCUT2D eigenvalue weighted by molar-refractivity contribution is 7.59. The summed E-state index contributed by atoms with van der Waals surface area (Å²) in [4.78, 5) is 27.7. The summed E-state index contributed by atoms with van der Waals surface area (Å²) in [6.45, 7) is 3.88. The Hall–Kier alpha value is -1.97. The molecule has 152 valence electrons. The van der Waals surface area contributed by atoms with Gasteiger partial charge in [0.2, 0.25) is 7.37 Å². The van der Waals surface area contributed by atoms with E-state index in [2.05, 4.69) is 4.98 Å². The van der Waals surface area contributed by atoms with Crippen LogP contribution >= 0.6 is 7.37 Å². The highest BCUT2D eigenvalue weighted by Gasteiger charge is 2.54. The third-order valence-electron chi connectivity index (χ3n) is 5.41. The highest BCUT2D eigenvalue weighted by atomic mass is 31.2. The number of carbonyl (C=O) groups is 1. The summed E-state index contributed by atoms with van der Waals surface area (Å²) in [6, 6.07) is 12.6. The normalized spacial score (nSPS) is 15.0. The Labute approximate surface area is 167 Å². The first-order valence-electron chi connectivity index (χ1n) is 9.86. The minimum atomic E-state index is -3.82. The molecule has 0 aliphatic rings. The molecule has 0 aliphatic heterocycles. The van der Waals surface area contributed by atoms with E-state index in [-0.39, 0.29) is 6.16 Å². The molecule has 1 aromatic carbocycles. The number of pyridine rings is 1. The number of aliphatic carboxylic acids is 1. The first kappa shape index (κ1) is 22.3. The molecule has 2 atom stereocenters. The number of aromatic nitrogens is 1. The zero-order valence-electron chi connectivity index (χ0n) is 16.6. The number of aryl methyl sites for hydroxylation is 1. The molecule has 2 unspecified atom stereocenters. The number of carboxylic acid groups (broad SMARTS) is 1. The molecule has 0 fully saturated rings. The van der Waals surface area contributed by atoms with Crippen LogP contribution in [0.5, 0.6) is 0 Å². The number of benzene rings is 1. The summed E-state index contributed by atoms with van der Waals surface area (Å²) in [5, 5.41) is 8.93. The van der Waals surface area contributed by atoms with E-state index in [9.17, 15) is 19.4 Å². The van der Waals surface area contributed by atoms with Crippen LogP contribution in [0.3, 0.4) is 0 Å². The molecule has 0 aliphatic carbocycles. The molecule has 2 aromatic rings. The Kier molecular flexibility index (Phi) is 7.97. The van der Waals surface area contributed by atoms with Crippen LogP contribution in [-0.4, -0.2) is 32.3 Å². The van der Waals surface area contributed by atoms with E-state index < -0.39 is 24.4 Å². The number of nitrogens with zero attached hydrogens (tertiary/aromatic N) is 1. The minimum Gasteiger partial charge on any atom is -0.481 e. The molecule has 2 rings (SSSR count). The second-order valence-corrected chi connectivity index (χ2v) is 10.1. The van der Waals surface area contributed by atoms with E-state index in [1.165, 1.54) is 0 Å². The van der Waals surface area contributed by atoms with Gasteiger partial charge in [0.25, 0.3) is 0 Å². The van der Waals surface area contributed by atoms with E-state index in [1.54, 1.807) is 42.7 Å². The first-order chi connectivity index (χ1) is 13.4. The first-order valence-corrected chi connectivity index (χ1v) is 11.7. The standard InChI is InChI=1S/C22H30NO4P/c1-3-13-22(14-4-2,20(21(24)25)19-10-6-5-7-11-19)28(26,27)16-12-18-9-8-15-23-17-18/h5-11,15,17,20H,3-4,12-14,16H2,1-2H3,(H,24,25)(H,26,27). The summed E-state index contributed by atoms with van der Waals surface area (Å²) in [6.07, 6.45) is 5.89.